The maximum atomic E-state index is 12.1. The van der Waals surface area contributed by atoms with Crippen LogP contribution >= 0.6 is 21.4 Å². The number of fused-ring (bicyclic) bond motifs is 1. The lowest BCUT2D eigenvalue weighted by Gasteiger charge is -2.13. The number of halogens is 2. The highest BCUT2D eigenvalue weighted by atomic mass is 36.0. The number of imide groups is 1. The fraction of sp³-hybridized carbons (Fsp3) is 0.0667. The molecule has 2 amide bonds. The fourth-order valence-electron chi connectivity index (χ4n) is 2.15. The average molecular weight is 372 g/mol. The minimum atomic E-state index is -3.72. The van der Waals surface area contributed by atoms with Crippen LogP contribution in [0.25, 0.3) is 0 Å². The lowest BCUT2D eigenvalue weighted by Crippen LogP contribution is -2.29. The van der Waals surface area contributed by atoms with Crippen molar-refractivity contribution in [3.8, 4) is 0 Å². The Morgan fingerprint density at radius 2 is 1.17 bits per heavy atom. The molecule has 0 fully saturated rings. The molecule has 0 aromatic heterocycles. The zero-order valence-electron chi connectivity index (χ0n) is 11.6. The van der Waals surface area contributed by atoms with Crippen molar-refractivity contribution < 1.29 is 18.0 Å². The highest BCUT2D eigenvalue weighted by Gasteiger charge is 2.34. The Morgan fingerprint density at radius 1 is 0.783 bits per heavy atom. The first-order valence-corrected chi connectivity index (χ1v) is 9.54. The van der Waals surface area contributed by atoms with E-state index in [1.165, 1.54) is 4.90 Å². The summed E-state index contributed by atoms with van der Waals surface area (Å²) in [5.74, 6) is -0.418. The molecule has 23 heavy (non-hydrogen) atoms. The number of hydrogen-bond donors (Lipinski definition) is 0. The van der Waals surface area contributed by atoms with Crippen LogP contribution in [-0.2, 0) is 14.8 Å². The second-order valence-electron chi connectivity index (χ2n) is 4.61. The van der Waals surface area contributed by atoms with E-state index in [2.05, 4.69) is 21.4 Å². The van der Waals surface area contributed by atoms with Gasteiger partial charge in [0, 0.05) is 21.4 Å². The van der Waals surface area contributed by atoms with Crippen molar-refractivity contribution in [2.24, 2.45) is 0 Å². The van der Waals surface area contributed by atoms with Gasteiger partial charge in [0.15, 0.2) is 0 Å². The van der Waals surface area contributed by atoms with Crippen LogP contribution in [0.2, 0.25) is 0 Å². The Kier molecular flexibility index (Phi) is 5.41. The smallest absolute Gasteiger partial charge is 0.270 e. The maximum Gasteiger partial charge on any atom is 0.317 e. The summed E-state index contributed by atoms with van der Waals surface area (Å²) in [5.41, 5.74) is 1.95. The standard InChI is InChI=1S/C15H11NO2.Cl2O2S/c17-14-12-8-4-5-9-13(12)15(18)16(14)10-11-6-2-1-3-7-11;1-5(2,3)4/h1-9H,10H2;. The van der Waals surface area contributed by atoms with Gasteiger partial charge in [-0.1, -0.05) is 42.5 Å². The molecule has 8 heteroatoms. The van der Waals surface area contributed by atoms with E-state index in [0.29, 0.717) is 17.7 Å². The number of carbonyl (C=O) groups is 2. The zero-order chi connectivity index (χ0) is 17.0. The largest absolute Gasteiger partial charge is 0.317 e. The Hall–Kier alpha value is -1.89. The normalized spacial score (nSPS) is 13.4. The molecule has 1 aliphatic heterocycles. The lowest BCUT2D eigenvalue weighted by atomic mass is 10.1. The first kappa shape index (κ1) is 17.5. The number of rotatable bonds is 2. The van der Waals surface area contributed by atoms with Gasteiger partial charge in [-0.3, -0.25) is 14.5 Å². The van der Waals surface area contributed by atoms with E-state index in [9.17, 15) is 9.59 Å². The Bertz CT molecular complexity index is 795. The summed E-state index contributed by atoms with van der Waals surface area (Å²) in [5, 5.41) is 0. The summed E-state index contributed by atoms with van der Waals surface area (Å²) >= 11 is 0. The topological polar surface area (TPSA) is 71.5 Å². The molecule has 0 unspecified atom stereocenters. The molecule has 3 rings (SSSR count). The summed E-state index contributed by atoms with van der Waals surface area (Å²) in [7, 11) is 4.81. The number of carbonyl (C=O) groups excluding carboxylic acids is 2. The Balaban J connectivity index is 0.000000338. The van der Waals surface area contributed by atoms with Gasteiger partial charge in [0.25, 0.3) is 11.8 Å². The molecule has 1 aliphatic rings. The van der Waals surface area contributed by atoms with Gasteiger partial charge in [0.05, 0.1) is 17.7 Å². The molecular weight excluding hydrogens is 361 g/mol. The van der Waals surface area contributed by atoms with E-state index in [4.69, 9.17) is 8.42 Å². The number of hydrogen-bond acceptors (Lipinski definition) is 4. The molecule has 0 saturated heterocycles. The van der Waals surface area contributed by atoms with Gasteiger partial charge < -0.3 is 0 Å². The van der Waals surface area contributed by atoms with Crippen molar-refractivity contribution in [2.75, 3.05) is 0 Å². The van der Waals surface area contributed by atoms with Crippen LogP contribution in [0.1, 0.15) is 26.3 Å². The maximum absolute atomic E-state index is 12.1. The van der Waals surface area contributed by atoms with Gasteiger partial charge in [-0.2, -0.15) is 8.42 Å². The summed E-state index contributed by atoms with van der Waals surface area (Å²) in [4.78, 5) is 25.5. The van der Waals surface area contributed by atoms with Crippen molar-refractivity contribution in [3.05, 3.63) is 71.3 Å². The third-order valence-electron chi connectivity index (χ3n) is 3.06. The predicted molar refractivity (Wildman–Crippen MR) is 87.7 cm³/mol. The van der Waals surface area contributed by atoms with E-state index in [1.54, 1.807) is 24.3 Å². The number of nitrogens with zero attached hydrogens (tertiary/aromatic N) is 1. The lowest BCUT2D eigenvalue weighted by molar-refractivity contribution is 0.0642. The predicted octanol–water partition coefficient (Wildman–Crippen LogP) is 3.19. The second kappa shape index (κ2) is 7.12. The quantitative estimate of drug-likeness (QED) is 0.600. The molecule has 0 bridgehead atoms. The molecule has 120 valence electrons. The van der Waals surface area contributed by atoms with Gasteiger partial charge in [-0.15, -0.1) is 0 Å². The molecule has 0 atom stereocenters. The van der Waals surface area contributed by atoms with Crippen LogP contribution in [-0.4, -0.2) is 25.1 Å². The molecular formula is C15H11Cl2NO4S. The first-order chi connectivity index (χ1) is 10.8. The summed E-state index contributed by atoms with van der Waals surface area (Å²) < 4.78 is 18.3. The van der Waals surface area contributed by atoms with Crippen molar-refractivity contribution >= 4 is 41.4 Å². The molecule has 0 spiro atoms. The van der Waals surface area contributed by atoms with Crippen molar-refractivity contribution in [3.63, 3.8) is 0 Å². The molecule has 0 saturated carbocycles. The summed E-state index contributed by atoms with van der Waals surface area (Å²) in [6.07, 6.45) is 0. The van der Waals surface area contributed by atoms with E-state index in [1.807, 2.05) is 30.3 Å². The summed E-state index contributed by atoms with van der Waals surface area (Å²) in [6, 6.07) is 16.5. The second-order valence-corrected chi connectivity index (χ2v) is 8.27. The highest BCUT2D eigenvalue weighted by Crippen LogP contribution is 2.23. The molecule has 5 nitrogen and oxygen atoms in total. The SMILES string of the molecule is O=C1c2ccccc2C(=O)N1Cc1ccccc1.O=S(=O)(Cl)Cl. The van der Waals surface area contributed by atoms with Crippen LogP contribution in [0.4, 0.5) is 0 Å². The third kappa shape index (κ3) is 4.79. The van der Waals surface area contributed by atoms with Gasteiger partial charge in [-0.25, -0.2) is 0 Å². The number of benzene rings is 2. The van der Waals surface area contributed by atoms with Gasteiger partial charge in [0.2, 0.25) is 0 Å². The van der Waals surface area contributed by atoms with E-state index in [0.717, 1.165) is 5.56 Å². The van der Waals surface area contributed by atoms with Crippen LogP contribution < -0.4 is 0 Å². The minimum Gasteiger partial charge on any atom is -0.270 e. The third-order valence-corrected chi connectivity index (χ3v) is 3.06. The van der Waals surface area contributed by atoms with Crippen molar-refractivity contribution in [2.45, 2.75) is 6.54 Å². The average Bonchev–Trinajstić information content (AvgIpc) is 2.72. The van der Waals surface area contributed by atoms with Crippen LogP contribution in [0.5, 0.6) is 0 Å². The van der Waals surface area contributed by atoms with Crippen LogP contribution in [0.15, 0.2) is 54.6 Å². The van der Waals surface area contributed by atoms with E-state index >= 15 is 0 Å². The molecule has 2 aromatic rings. The molecule has 2 aromatic carbocycles. The molecule has 0 N–H and O–H groups in total. The highest BCUT2D eigenvalue weighted by molar-refractivity contribution is 8.31. The molecule has 1 heterocycles. The molecule has 0 radical (unpaired) electrons. The minimum absolute atomic E-state index is 0.209. The fourth-order valence-corrected chi connectivity index (χ4v) is 2.15. The number of amides is 2. The van der Waals surface area contributed by atoms with Crippen molar-refractivity contribution in [1.29, 1.82) is 0 Å². The Labute approximate surface area is 142 Å². The van der Waals surface area contributed by atoms with Gasteiger partial charge in [-0.05, 0) is 17.7 Å². The van der Waals surface area contributed by atoms with E-state index < -0.39 is 8.26 Å². The van der Waals surface area contributed by atoms with Gasteiger partial charge >= 0.3 is 8.26 Å². The molecule has 0 aliphatic carbocycles. The van der Waals surface area contributed by atoms with E-state index in [-0.39, 0.29) is 11.8 Å². The monoisotopic (exact) mass is 371 g/mol. The van der Waals surface area contributed by atoms with Crippen LogP contribution in [0, 0.1) is 0 Å². The first-order valence-electron chi connectivity index (χ1n) is 6.41. The van der Waals surface area contributed by atoms with Crippen LogP contribution in [0.3, 0.4) is 0 Å². The van der Waals surface area contributed by atoms with Gasteiger partial charge in [0.1, 0.15) is 0 Å². The summed E-state index contributed by atoms with van der Waals surface area (Å²) in [6.45, 7) is 0.327. The zero-order valence-corrected chi connectivity index (χ0v) is 14.0. The van der Waals surface area contributed by atoms with Crippen molar-refractivity contribution in [1.82, 2.24) is 4.90 Å². The Morgan fingerprint density at radius 3 is 1.61 bits per heavy atom.